The second kappa shape index (κ2) is 4.42. The number of aliphatic hydroxyl groups excluding tert-OH is 1. The smallest absolute Gasteiger partial charge is 0.276 e. The molecule has 0 aromatic carbocycles. The minimum Gasteiger partial charge on any atom is -0.391 e. The number of nitrogens with one attached hydrogen (secondary N) is 2. The second-order valence-corrected chi connectivity index (χ2v) is 2.79. The van der Waals surface area contributed by atoms with Crippen molar-refractivity contribution in [2.45, 2.75) is 6.10 Å². The Hall–Kier alpha value is -2.09. The van der Waals surface area contributed by atoms with Crippen molar-refractivity contribution in [3.8, 4) is 0 Å². The van der Waals surface area contributed by atoms with E-state index in [1.54, 1.807) is 0 Å². The van der Waals surface area contributed by atoms with Gasteiger partial charge in [0.2, 0.25) is 5.91 Å². The van der Waals surface area contributed by atoms with Crippen molar-refractivity contribution in [3.63, 3.8) is 0 Å². The van der Waals surface area contributed by atoms with Crippen LogP contribution < -0.4 is 22.3 Å². The van der Waals surface area contributed by atoms with Crippen LogP contribution in [-0.2, 0) is 4.79 Å². The Balaban J connectivity index is 2.70. The number of hydrogen-bond donors (Lipinski definition) is 5. The van der Waals surface area contributed by atoms with Crippen LogP contribution in [0.3, 0.4) is 0 Å². The van der Waals surface area contributed by atoms with E-state index in [2.05, 4.69) is 15.3 Å². The van der Waals surface area contributed by atoms with Crippen LogP contribution in [0.15, 0.2) is 11.1 Å². The molecule has 8 nitrogen and oxygen atoms in total. The number of nitrogens with two attached hydrogens (primary N) is 2. The molecule has 8 heteroatoms. The minimum atomic E-state index is -1.36. The van der Waals surface area contributed by atoms with Crippen LogP contribution in [0.25, 0.3) is 0 Å². The number of carbonyl (C=O) groups excluding carboxylic acids is 1. The Kier molecular flexibility index (Phi) is 3.24. The monoisotopic (exact) mass is 213 g/mol. The first kappa shape index (κ1) is 11.0. The lowest BCUT2D eigenvalue weighted by molar-refractivity contribution is -0.125. The van der Waals surface area contributed by atoms with Gasteiger partial charge in [-0.3, -0.25) is 9.59 Å². The third-order valence-electron chi connectivity index (χ3n) is 1.68. The quantitative estimate of drug-likeness (QED) is 0.377. The summed E-state index contributed by atoms with van der Waals surface area (Å²) in [6, 6.07) is 0. The van der Waals surface area contributed by atoms with Gasteiger partial charge < -0.3 is 26.9 Å². The molecule has 1 atom stereocenters. The molecule has 1 amide bonds. The molecule has 1 unspecified atom stereocenters. The average molecular weight is 213 g/mol. The number of primary amides is 1. The summed E-state index contributed by atoms with van der Waals surface area (Å²) in [5.41, 5.74) is 9.58. The summed E-state index contributed by atoms with van der Waals surface area (Å²) >= 11 is 0. The summed E-state index contributed by atoms with van der Waals surface area (Å²) < 4.78 is 0. The lowest BCUT2D eigenvalue weighted by Crippen LogP contribution is -2.34. The van der Waals surface area contributed by atoms with E-state index >= 15 is 0 Å². The summed E-state index contributed by atoms with van der Waals surface area (Å²) in [6.07, 6.45) is -0.206. The number of hydrogen-bond acceptors (Lipinski definition) is 6. The molecule has 0 aliphatic heterocycles. The second-order valence-electron chi connectivity index (χ2n) is 2.79. The highest BCUT2D eigenvalue weighted by molar-refractivity contribution is 5.79. The predicted molar refractivity (Wildman–Crippen MR) is 53.0 cm³/mol. The van der Waals surface area contributed by atoms with Gasteiger partial charge in [0.15, 0.2) is 5.82 Å². The molecule has 0 saturated carbocycles. The number of aliphatic hydroxyl groups is 1. The van der Waals surface area contributed by atoms with Gasteiger partial charge in [0, 0.05) is 0 Å². The lowest BCUT2D eigenvalue weighted by atomic mass is 10.3. The molecule has 0 radical (unpaired) electrons. The van der Waals surface area contributed by atoms with Gasteiger partial charge in [0.05, 0.1) is 12.9 Å². The van der Waals surface area contributed by atoms with Crippen molar-refractivity contribution < 1.29 is 9.90 Å². The number of H-pyrrole nitrogens is 1. The molecule has 0 aliphatic rings. The first-order valence-electron chi connectivity index (χ1n) is 4.06. The van der Waals surface area contributed by atoms with E-state index in [1.807, 2.05) is 0 Å². The molecule has 0 aliphatic carbocycles. The molecule has 82 valence electrons. The van der Waals surface area contributed by atoms with E-state index in [0.717, 1.165) is 6.33 Å². The highest BCUT2D eigenvalue weighted by Crippen LogP contribution is 2.06. The van der Waals surface area contributed by atoms with Crippen LogP contribution in [0.5, 0.6) is 0 Å². The van der Waals surface area contributed by atoms with Gasteiger partial charge in [-0.2, -0.15) is 0 Å². The number of carbonyl (C=O) groups is 1. The molecule has 15 heavy (non-hydrogen) atoms. The molecule has 1 aromatic heterocycles. The third kappa shape index (κ3) is 2.68. The van der Waals surface area contributed by atoms with Gasteiger partial charge in [-0.25, -0.2) is 4.98 Å². The van der Waals surface area contributed by atoms with Crippen LogP contribution in [0.1, 0.15) is 0 Å². The van der Waals surface area contributed by atoms with Gasteiger partial charge in [-0.05, 0) is 0 Å². The molecule has 0 spiro atoms. The number of aromatic nitrogens is 2. The van der Waals surface area contributed by atoms with E-state index in [1.165, 1.54) is 0 Å². The largest absolute Gasteiger partial charge is 0.391 e. The van der Waals surface area contributed by atoms with Crippen LogP contribution >= 0.6 is 0 Å². The standard InChI is InChI=1S/C7H11N5O3/c8-4-6(11-2-12-7(4)15)10-1-3(13)5(9)14/h2-3,13H,1,8H2,(H2,9,14)(H2,10,11,12,15). The summed E-state index contributed by atoms with van der Waals surface area (Å²) in [5.74, 6) is -0.773. The third-order valence-corrected chi connectivity index (χ3v) is 1.68. The van der Waals surface area contributed by atoms with Gasteiger partial charge in [-0.1, -0.05) is 0 Å². The Morgan fingerprint density at radius 3 is 3.00 bits per heavy atom. The summed E-state index contributed by atoms with van der Waals surface area (Å²) in [7, 11) is 0. The van der Waals surface area contributed by atoms with Gasteiger partial charge in [0.1, 0.15) is 11.8 Å². The normalized spacial score (nSPS) is 12.1. The van der Waals surface area contributed by atoms with E-state index in [4.69, 9.17) is 16.6 Å². The Labute approximate surface area is 84.3 Å². The molecule has 1 rings (SSSR count). The van der Waals surface area contributed by atoms with Crippen molar-refractivity contribution in [2.75, 3.05) is 17.6 Å². The number of amides is 1. The van der Waals surface area contributed by atoms with Crippen LogP contribution in [-0.4, -0.2) is 33.6 Å². The highest BCUT2D eigenvalue weighted by Gasteiger charge is 2.11. The maximum Gasteiger partial charge on any atom is 0.276 e. The molecule has 0 saturated heterocycles. The molecule has 7 N–H and O–H groups in total. The number of anilines is 2. The molecular formula is C7H11N5O3. The van der Waals surface area contributed by atoms with Crippen molar-refractivity contribution in [1.82, 2.24) is 9.97 Å². The Morgan fingerprint density at radius 2 is 2.40 bits per heavy atom. The van der Waals surface area contributed by atoms with Crippen LogP contribution in [0.4, 0.5) is 11.5 Å². The van der Waals surface area contributed by atoms with Gasteiger partial charge >= 0.3 is 0 Å². The van der Waals surface area contributed by atoms with Crippen LogP contribution in [0, 0.1) is 0 Å². The van der Waals surface area contributed by atoms with E-state index in [-0.39, 0.29) is 18.1 Å². The van der Waals surface area contributed by atoms with Crippen molar-refractivity contribution in [1.29, 1.82) is 0 Å². The Morgan fingerprint density at radius 1 is 1.73 bits per heavy atom. The SMILES string of the molecule is NC(=O)C(O)CNc1nc[nH]c(=O)c1N. The van der Waals surface area contributed by atoms with Crippen molar-refractivity contribution in [2.24, 2.45) is 5.73 Å². The number of nitrogen functional groups attached to an aromatic ring is 1. The molecule has 0 fully saturated rings. The average Bonchev–Trinajstić information content (AvgIpc) is 2.19. The van der Waals surface area contributed by atoms with E-state index in [0.29, 0.717) is 0 Å². The first-order chi connectivity index (χ1) is 7.02. The summed E-state index contributed by atoms with van der Waals surface area (Å²) in [6.45, 7) is -0.157. The zero-order chi connectivity index (χ0) is 11.4. The lowest BCUT2D eigenvalue weighted by Gasteiger charge is -2.09. The summed E-state index contributed by atoms with van der Waals surface area (Å²) in [5, 5.41) is 11.6. The van der Waals surface area contributed by atoms with Crippen molar-refractivity contribution in [3.05, 3.63) is 16.7 Å². The molecule has 1 aromatic rings. The Bertz CT molecular complexity index is 415. The van der Waals surface area contributed by atoms with Crippen LogP contribution in [0.2, 0.25) is 0 Å². The predicted octanol–water partition coefficient (Wildman–Crippen LogP) is -2.39. The highest BCUT2D eigenvalue weighted by atomic mass is 16.3. The van der Waals surface area contributed by atoms with E-state index in [9.17, 15) is 9.59 Å². The summed E-state index contributed by atoms with van der Waals surface area (Å²) in [4.78, 5) is 27.5. The number of nitrogens with zero attached hydrogens (tertiary/aromatic N) is 1. The number of rotatable bonds is 4. The zero-order valence-electron chi connectivity index (χ0n) is 7.73. The van der Waals surface area contributed by atoms with E-state index < -0.39 is 17.6 Å². The zero-order valence-corrected chi connectivity index (χ0v) is 7.73. The molecule has 1 heterocycles. The fourth-order valence-electron chi connectivity index (χ4n) is 0.845. The maximum absolute atomic E-state index is 11.0. The minimum absolute atomic E-state index is 0.0963. The molecular weight excluding hydrogens is 202 g/mol. The first-order valence-corrected chi connectivity index (χ1v) is 4.06. The molecule has 0 bridgehead atoms. The number of aromatic amines is 1. The van der Waals surface area contributed by atoms with Gasteiger partial charge in [0.25, 0.3) is 5.56 Å². The topological polar surface area (TPSA) is 147 Å². The maximum atomic E-state index is 11.0. The fourth-order valence-corrected chi connectivity index (χ4v) is 0.845. The fraction of sp³-hybridized carbons (Fsp3) is 0.286. The van der Waals surface area contributed by atoms with Crippen molar-refractivity contribution >= 4 is 17.4 Å². The van der Waals surface area contributed by atoms with Gasteiger partial charge in [-0.15, -0.1) is 0 Å².